The Labute approximate surface area is 136 Å². The summed E-state index contributed by atoms with van der Waals surface area (Å²) in [6.45, 7) is 0. The molecule has 0 radical (unpaired) electrons. The third-order valence-corrected chi connectivity index (χ3v) is 3.16. The number of hydrogen-bond acceptors (Lipinski definition) is 3. The number of rotatable bonds is 4. The summed E-state index contributed by atoms with van der Waals surface area (Å²) < 4.78 is 31.8. The Bertz CT molecular complexity index is 870. The number of benzene rings is 2. The van der Waals surface area contributed by atoms with Crippen molar-refractivity contribution in [3.8, 4) is 11.6 Å². The number of carbonyl (C=O) groups excluding carboxylic acids is 1. The van der Waals surface area contributed by atoms with Crippen LogP contribution in [0.25, 0.3) is 0 Å². The van der Waals surface area contributed by atoms with Crippen molar-refractivity contribution < 1.29 is 18.3 Å². The van der Waals surface area contributed by atoms with Crippen molar-refractivity contribution in [2.45, 2.75) is 0 Å². The molecule has 1 aromatic heterocycles. The smallest absolute Gasteiger partial charge is 0.255 e. The van der Waals surface area contributed by atoms with E-state index in [1.54, 1.807) is 36.4 Å². The van der Waals surface area contributed by atoms with Gasteiger partial charge in [0.2, 0.25) is 5.88 Å². The fourth-order valence-corrected chi connectivity index (χ4v) is 2.00. The molecule has 24 heavy (non-hydrogen) atoms. The first-order chi connectivity index (χ1) is 11.6. The van der Waals surface area contributed by atoms with Crippen LogP contribution < -0.4 is 10.1 Å². The van der Waals surface area contributed by atoms with Crippen LogP contribution in [0, 0.1) is 11.6 Å². The molecular weight excluding hydrogens is 314 g/mol. The third-order valence-electron chi connectivity index (χ3n) is 3.16. The van der Waals surface area contributed by atoms with Gasteiger partial charge in [-0.1, -0.05) is 18.2 Å². The largest absolute Gasteiger partial charge is 0.437 e. The van der Waals surface area contributed by atoms with Crippen LogP contribution in [-0.2, 0) is 0 Å². The highest BCUT2D eigenvalue weighted by Crippen LogP contribution is 2.27. The van der Waals surface area contributed by atoms with E-state index < -0.39 is 17.5 Å². The van der Waals surface area contributed by atoms with Gasteiger partial charge in [0.15, 0.2) is 11.6 Å². The zero-order valence-electron chi connectivity index (χ0n) is 12.4. The van der Waals surface area contributed by atoms with E-state index in [1.807, 2.05) is 6.07 Å². The molecule has 1 N–H and O–H groups in total. The van der Waals surface area contributed by atoms with Crippen LogP contribution in [0.5, 0.6) is 11.6 Å². The fraction of sp³-hybridized carbons (Fsp3) is 0. The lowest BCUT2D eigenvalue weighted by atomic mass is 10.2. The van der Waals surface area contributed by atoms with Crippen LogP contribution in [-0.4, -0.2) is 10.9 Å². The Morgan fingerprint density at radius 2 is 1.75 bits per heavy atom. The molecule has 0 unspecified atom stereocenters. The highest BCUT2D eigenvalue weighted by atomic mass is 19.2. The number of carbonyl (C=O) groups is 1. The molecule has 2 aromatic carbocycles. The second-order valence-electron chi connectivity index (χ2n) is 4.85. The topological polar surface area (TPSA) is 51.2 Å². The van der Waals surface area contributed by atoms with E-state index in [2.05, 4.69) is 10.3 Å². The number of anilines is 1. The monoisotopic (exact) mass is 326 g/mol. The zero-order chi connectivity index (χ0) is 16.9. The lowest BCUT2D eigenvalue weighted by molar-refractivity contribution is 0.102. The summed E-state index contributed by atoms with van der Waals surface area (Å²) in [5, 5.41) is 2.58. The average Bonchev–Trinajstić information content (AvgIpc) is 2.60. The fourth-order valence-electron chi connectivity index (χ4n) is 2.00. The van der Waals surface area contributed by atoms with Gasteiger partial charge in [0.05, 0.1) is 0 Å². The van der Waals surface area contributed by atoms with Gasteiger partial charge in [-0.2, -0.15) is 0 Å². The Balaban J connectivity index is 1.82. The van der Waals surface area contributed by atoms with Crippen molar-refractivity contribution >= 4 is 11.6 Å². The zero-order valence-corrected chi connectivity index (χ0v) is 12.4. The van der Waals surface area contributed by atoms with Gasteiger partial charge in [0.1, 0.15) is 11.4 Å². The number of hydrogen-bond donors (Lipinski definition) is 1. The second kappa shape index (κ2) is 6.87. The Morgan fingerprint density at radius 1 is 0.958 bits per heavy atom. The molecule has 0 atom stereocenters. The molecule has 120 valence electrons. The Hall–Kier alpha value is -3.28. The third kappa shape index (κ3) is 3.55. The van der Waals surface area contributed by atoms with Crippen molar-refractivity contribution in [1.82, 2.24) is 4.98 Å². The SMILES string of the molecule is O=C(Nc1cccnc1Oc1ccccc1)c1ccc(F)c(F)c1. The van der Waals surface area contributed by atoms with Crippen molar-refractivity contribution in [3.63, 3.8) is 0 Å². The normalized spacial score (nSPS) is 10.2. The van der Waals surface area contributed by atoms with Gasteiger partial charge in [0, 0.05) is 11.8 Å². The molecular formula is C18H12F2N2O2. The lowest BCUT2D eigenvalue weighted by Gasteiger charge is -2.11. The summed E-state index contributed by atoms with van der Waals surface area (Å²) >= 11 is 0. The van der Waals surface area contributed by atoms with Crippen LogP contribution in [0.4, 0.5) is 14.5 Å². The maximum Gasteiger partial charge on any atom is 0.255 e. The number of nitrogens with zero attached hydrogens (tertiary/aromatic N) is 1. The van der Waals surface area contributed by atoms with Crippen LogP contribution >= 0.6 is 0 Å². The highest BCUT2D eigenvalue weighted by Gasteiger charge is 2.13. The van der Waals surface area contributed by atoms with E-state index in [0.29, 0.717) is 11.4 Å². The van der Waals surface area contributed by atoms with Gasteiger partial charge in [-0.3, -0.25) is 4.79 Å². The first kappa shape index (κ1) is 15.6. The number of amides is 1. The predicted molar refractivity (Wildman–Crippen MR) is 85.1 cm³/mol. The standard InChI is InChI=1S/C18H12F2N2O2/c19-14-9-8-12(11-15(14)20)17(23)22-16-7-4-10-21-18(16)24-13-5-2-1-3-6-13/h1-11H,(H,22,23). The van der Waals surface area contributed by atoms with Crippen molar-refractivity contribution in [2.24, 2.45) is 0 Å². The van der Waals surface area contributed by atoms with Crippen LogP contribution in [0.3, 0.4) is 0 Å². The molecule has 3 aromatic rings. The Morgan fingerprint density at radius 3 is 2.50 bits per heavy atom. The first-order valence-corrected chi connectivity index (χ1v) is 7.08. The minimum Gasteiger partial charge on any atom is -0.437 e. The van der Waals surface area contributed by atoms with E-state index in [1.165, 1.54) is 12.3 Å². The molecule has 0 aliphatic rings. The number of halogens is 2. The molecule has 1 heterocycles. The summed E-state index contributed by atoms with van der Waals surface area (Å²) in [6, 6.07) is 15.1. The lowest BCUT2D eigenvalue weighted by Crippen LogP contribution is -2.13. The number of para-hydroxylation sites is 1. The average molecular weight is 326 g/mol. The van der Waals surface area contributed by atoms with E-state index in [4.69, 9.17) is 4.74 Å². The Kier molecular flexibility index (Phi) is 4.47. The maximum atomic E-state index is 13.3. The molecule has 0 fully saturated rings. The van der Waals surface area contributed by atoms with Crippen molar-refractivity contribution in [2.75, 3.05) is 5.32 Å². The molecule has 0 bridgehead atoms. The second-order valence-corrected chi connectivity index (χ2v) is 4.85. The molecule has 0 aliphatic carbocycles. The van der Waals surface area contributed by atoms with Gasteiger partial charge in [0.25, 0.3) is 5.91 Å². The van der Waals surface area contributed by atoms with Crippen molar-refractivity contribution in [1.29, 1.82) is 0 Å². The number of ether oxygens (including phenoxy) is 1. The molecule has 0 aliphatic heterocycles. The van der Waals surface area contributed by atoms with E-state index >= 15 is 0 Å². The molecule has 0 spiro atoms. The molecule has 6 heteroatoms. The molecule has 3 rings (SSSR count). The van der Waals surface area contributed by atoms with E-state index in [0.717, 1.165) is 12.1 Å². The molecule has 4 nitrogen and oxygen atoms in total. The quantitative estimate of drug-likeness (QED) is 0.773. The van der Waals surface area contributed by atoms with Gasteiger partial charge >= 0.3 is 0 Å². The predicted octanol–water partition coefficient (Wildman–Crippen LogP) is 4.40. The van der Waals surface area contributed by atoms with E-state index in [-0.39, 0.29) is 11.4 Å². The minimum absolute atomic E-state index is 0.0107. The van der Waals surface area contributed by atoms with Crippen LogP contribution in [0.2, 0.25) is 0 Å². The summed E-state index contributed by atoms with van der Waals surface area (Å²) in [5.74, 6) is -1.95. The summed E-state index contributed by atoms with van der Waals surface area (Å²) in [7, 11) is 0. The summed E-state index contributed by atoms with van der Waals surface area (Å²) in [5.41, 5.74) is 0.305. The van der Waals surface area contributed by atoms with Gasteiger partial charge < -0.3 is 10.1 Å². The van der Waals surface area contributed by atoms with Gasteiger partial charge in [-0.25, -0.2) is 13.8 Å². The first-order valence-electron chi connectivity index (χ1n) is 7.08. The number of aromatic nitrogens is 1. The highest BCUT2D eigenvalue weighted by molar-refractivity contribution is 6.04. The molecule has 0 saturated heterocycles. The summed E-state index contributed by atoms with van der Waals surface area (Å²) in [4.78, 5) is 16.3. The van der Waals surface area contributed by atoms with Crippen molar-refractivity contribution in [3.05, 3.63) is 84.1 Å². The number of pyridine rings is 1. The minimum atomic E-state index is -1.09. The van der Waals surface area contributed by atoms with E-state index in [9.17, 15) is 13.6 Å². The van der Waals surface area contributed by atoms with Crippen LogP contribution in [0.15, 0.2) is 66.9 Å². The molecule has 0 saturated carbocycles. The molecule has 1 amide bonds. The van der Waals surface area contributed by atoms with Gasteiger partial charge in [-0.15, -0.1) is 0 Å². The summed E-state index contributed by atoms with van der Waals surface area (Å²) in [6.07, 6.45) is 1.52. The van der Waals surface area contributed by atoms with Crippen LogP contribution in [0.1, 0.15) is 10.4 Å². The van der Waals surface area contributed by atoms with Gasteiger partial charge in [-0.05, 0) is 42.5 Å². The number of nitrogens with one attached hydrogen (secondary N) is 1. The maximum absolute atomic E-state index is 13.3.